The van der Waals surface area contributed by atoms with Crippen LogP contribution in [-0.4, -0.2) is 31.4 Å². The van der Waals surface area contributed by atoms with Gasteiger partial charge in [-0.25, -0.2) is 0 Å². The highest BCUT2D eigenvalue weighted by Crippen LogP contribution is 2.15. The van der Waals surface area contributed by atoms with Crippen LogP contribution in [0.15, 0.2) is 0 Å². The van der Waals surface area contributed by atoms with E-state index < -0.39 is 11.3 Å². The largest absolute Gasteiger partial charge is 0.369 e. The Morgan fingerprint density at radius 2 is 2.11 bits per heavy atom. The lowest BCUT2D eigenvalue weighted by Crippen LogP contribution is -2.42. The predicted molar refractivity (Wildman–Crippen MR) is 73.4 cm³/mol. The minimum Gasteiger partial charge on any atom is -0.369 e. The molecule has 0 aromatic rings. The maximum absolute atomic E-state index is 11.6. The Hall–Kier alpha value is -0.810. The Labute approximate surface area is 115 Å². The summed E-state index contributed by atoms with van der Waals surface area (Å²) in [6, 6.07) is 0. The zero-order valence-electron chi connectivity index (χ0n) is 11.1. The van der Waals surface area contributed by atoms with Gasteiger partial charge in [0.05, 0.1) is 5.41 Å². The first-order valence-corrected chi connectivity index (χ1v) is 6.19. The van der Waals surface area contributed by atoms with Crippen molar-refractivity contribution in [2.75, 3.05) is 19.6 Å². The van der Waals surface area contributed by atoms with E-state index in [2.05, 4.69) is 10.6 Å². The number of nitrogens with two attached hydrogens (primary N) is 1. The van der Waals surface area contributed by atoms with Crippen LogP contribution in [-0.2, 0) is 9.59 Å². The molecule has 0 aromatic heterocycles. The molecule has 106 valence electrons. The fraction of sp³-hybridized carbons (Fsp3) is 0.833. The SMILES string of the molecule is CC(C)(CNC(=O)CCC1CCNC1)C(N)=O.Cl. The average molecular weight is 278 g/mol. The van der Waals surface area contributed by atoms with Gasteiger partial charge in [0.15, 0.2) is 0 Å². The van der Waals surface area contributed by atoms with E-state index in [1.165, 1.54) is 0 Å². The summed E-state index contributed by atoms with van der Waals surface area (Å²) in [6.07, 6.45) is 2.59. The lowest BCUT2D eigenvalue weighted by molar-refractivity contribution is -0.127. The zero-order valence-corrected chi connectivity index (χ0v) is 11.9. The van der Waals surface area contributed by atoms with Crippen molar-refractivity contribution in [1.29, 1.82) is 0 Å². The summed E-state index contributed by atoms with van der Waals surface area (Å²) in [4.78, 5) is 22.6. The molecule has 1 saturated heterocycles. The van der Waals surface area contributed by atoms with Gasteiger partial charge in [-0.15, -0.1) is 12.4 Å². The Bertz CT molecular complexity index is 289. The summed E-state index contributed by atoms with van der Waals surface area (Å²) in [6.45, 7) is 5.85. The Balaban J connectivity index is 0.00000289. The van der Waals surface area contributed by atoms with Crippen molar-refractivity contribution in [3.8, 4) is 0 Å². The second kappa shape index (κ2) is 7.59. The lowest BCUT2D eigenvalue weighted by atomic mass is 9.92. The van der Waals surface area contributed by atoms with Gasteiger partial charge < -0.3 is 16.4 Å². The van der Waals surface area contributed by atoms with Crippen molar-refractivity contribution in [3.05, 3.63) is 0 Å². The molecular formula is C12H24ClN3O2. The standard InChI is InChI=1S/C12H23N3O2.ClH/c1-12(2,11(13)17)8-15-10(16)4-3-9-5-6-14-7-9;/h9,14H,3-8H2,1-2H3,(H2,13,17)(H,15,16);1H. The molecule has 0 aliphatic carbocycles. The monoisotopic (exact) mass is 277 g/mol. The van der Waals surface area contributed by atoms with E-state index in [4.69, 9.17) is 5.73 Å². The molecule has 1 fully saturated rings. The van der Waals surface area contributed by atoms with Crippen molar-refractivity contribution in [2.24, 2.45) is 17.1 Å². The molecule has 1 unspecified atom stereocenters. The Morgan fingerprint density at radius 1 is 1.44 bits per heavy atom. The van der Waals surface area contributed by atoms with E-state index in [0.717, 1.165) is 25.9 Å². The third-order valence-corrected chi connectivity index (χ3v) is 3.34. The van der Waals surface area contributed by atoms with Crippen LogP contribution in [0, 0.1) is 11.3 Å². The molecule has 0 radical (unpaired) electrons. The second-order valence-electron chi connectivity index (χ2n) is 5.42. The van der Waals surface area contributed by atoms with Crippen LogP contribution in [0.25, 0.3) is 0 Å². The maximum atomic E-state index is 11.6. The van der Waals surface area contributed by atoms with Gasteiger partial charge in [-0.1, -0.05) is 0 Å². The summed E-state index contributed by atoms with van der Waals surface area (Å²) in [5, 5.41) is 6.04. The molecule has 1 heterocycles. The number of amides is 2. The van der Waals surface area contributed by atoms with Gasteiger partial charge in [0, 0.05) is 13.0 Å². The molecule has 0 spiro atoms. The van der Waals surface area contributed by atoms with E-state index in [1.54, 1.807) is 13.8 Å². The molecule has 0 bridgehead atoms. The lowest BCUT2D eigenvalue weighted by Gasteiger charge is -2.20. The molecule has 1 atom stereocenters. The van der Waals surface area contributed by atoms with Gasteiger partial charge in [-0.05, 0) is 45.7 Å². The number of hydrogen-bond acceptors (Lipinski definition) is 3. The van der Waals surface area contributed by atoms with Gasteiger partial charge in [0.1, 0.15) is 0 Å². The number of rotatable bonds is 6. The normalized spacial score (nSPS) is 19.1. The van der Waals surface area contributed by atoms with Crippen LogP contribution in [0.1, 0.15) is 33.1 Å². The first-order valence-electron chi connectivity index (χ1n) is 6.19. The van der Waals surface area contributed by atoms with Crippen LogP contribution >= 0.6 is 12.4 Å². The second-order valence-corrected chi connectivity index (χ2v) is 5.42. The van der Waals surface area contributed by atoms with Crippen molar-refractivity contribution in [1.82, 2.24) is 10.6 Å². The minimum absolute atomic E-state index is 0. The Kier molecular flexibility index (Phi) is 7.25. The maximum Gasteiger partial charge on any atom is 0.224 e. The van der Waals surface area contributed by atoms with Crippen LogP contribution in [0.2, 0.25) is 0 Å². The van der Waals surface area contributed by atoms with E-state index in [0.29, 0.717) is 18.9 Å². The summed E-state index contributed by atoms with van der Waals surface area (Å²) in [5.41, 5.74) is 4.56. The van der Waals surface area contributed by atoms with Crippen molar-refractivity contribution in [3.63, 3.8) is 0 Å². The fourth-order valence-electron chi connectivity index (χ4n) is 1.79. The Morgan fingerprint density at radius 3 is 2.61 bits per heavy atom. The topological polar surface area (TPSA) is 84.2 Å². The number of hydrogen-bond donors (Lipinski definition) is 3. The van der Waals surface area contributed by atoms with Gasteiger partial charge in [-0.3, -0.25) is 9.59 Å². The smallest absolute Gasteiger partial charge is 0.224 e. The first kappa shape index (κ1) is 17.2. The van der Waals surface area contributed by atoms with Crippen molar-refractivity contribution >= 4 is 24.2 Å². The number of halogens is 1. The van der Waals surface area contributed by atoms with E-state index in [-0.39, 0.29) is 18.3 Å². The van der Waals surface area contributed by atoms with Gasteiger partial charge in [0.2, 0.25) is 11.8 Å². The highest BCUT2D eigenvalue weighted by molar-refractivity contribution is 5.85. The molecule has 4 N–H and O–H groups in total. The van der Waals surface area contributed by atoms with Crippen LogP contribution in [0.5, 0.6) is 0 Å². The molecular weight excluding hydrogens is 254 g/mol. The van der Waals surface area contributed by atoms with E-state index in [1.807, 2.05) is 0 Å². The highest BCUT2D eigenvalue weighted by atomic mass is 35.5. The molecule has 6 heteroatoms. The third-order valence-electron chi connectivity index (χ3n) is 3.34. The molecule has 0 aromatic carbocycles. The van der Waals surface area contributed by atoms with Gasteiger partial charge in [-0.2, -0.15) is 0 Å². The summed E-state index contributed by atoms with van der Waals surface area (Å²) < 4.78 is 0. The third kappa shape index (κ3) is 5.69. The number of carbonyl (C=O) groups is 2. The average Bonchev–Trinajstić information content (AvgIpc) is 2.76. The van der Waals surface area contributed by atoms with Gasteiger partial charge in [0.25, 0.3) is 0 Å². The van der Waals surface area contributed by atoms with Crippen LogP contribution < -0.4 is 16.4 Å². The zero-order chi connectivity index (χ0) is 12.9. The molecule has 5 nitrogen and oxygen atoms in total. The highest BCUT2D eigenvalue weighted by Gasteiger charge is 2.25. The van der Waals surface area contributed by atoms with Crippen LogP contribution in [0.4, 0.5) is 0 Å². The van der Waals surface area contributed by atoms with E-state index >= 15 is 0 Å². The molecule has 2 amide bonds. The predicted octanol–water partition coefficient (Wildman–Crippen LogP) is 0.426. The van der Waals surface area contributed by atoms with Crippen LogP contribution in [0.3, 0.4) is 0 Å². The first-order chi connectivity index (χ1) is 7.92. The molecule has 18 heavy (non-hydrogen) atoms. The number of primary amides is 1. The fourth-order valence-corrected chi connectivity index (χ4v) is 1.79. The summed E-state index contributed by atoms with van der Waals surface area (Å²) in [7, 11) is 0. The summed E-state index contributed by atoms with van der Waals surface area (Å²) in [5.74, 6) is 0.230. The molecule has 1 aliphatic rings. The quantitative estimate of drug-likeness (QED) is 0.658. The van der Waals surface area contributed by atoms with E-state index in [9.17, 15) is 9.59 Å². The minimum atomic E-state index is -0.676. The van der Waals surface area contributed by atoms with Gasteiger partial charge >= 0.3 is 0 Å². The number of nitrogens with one attached hydrogen (secondary N) is 2. The van der Waals surface area contributed by atoms with Crippen molar-refractivity contribution < 1.29 is 9.59 Å². The molecule has 1 rings (SSSR count). The molecule has 1 aliphatic heterocycles. The number of carbonyl (C=O) groups excluding carboxylic acids is 2. The van der Waals surface area contributed by atoms with Crippen molar-refractivity contribution in [2.45, 2.75) is 33.1 Å². The molecule has 0 saturated carbocycles. The summed E-state index contributed by atoms with van der Waals surface area (Å²) >= 11 is 0.